The first kappa shape index (κ1) is 13.4. The molecule has 106 valence electrons. The van der Waals surface area contributed by atoms with Gasteiger partial charge in [-0.05, 0) is 43.0 Å². The molecule has 20 heavy (non-hydrogen) atoms. The predicted molar refractivity (Wildman–Crippen MR) is 83.0 cm³/mol. The standard InChI is InChI=1S/C17H22N2O/c1-12(2)17-11-15(7-9-20-17)19-14-5-6-16-13(10-14)4-3-8-18-16/h3-6,8,10,12,15,17,19H,7,9,11H2,1-2H3. The summed E-state index contributed by atoms with van der Waals surface area (Å²) in [5.74, 6) is 0.584. The van der Waals surface area contributed by atoms with Crippen LogP contribution in [0.5, 0.6) is 0 Å². The first-order chi connectivity index (χ1) is 9.72. The number of nitrogens with zero attached hydrogens (tertiary/aromatic N) is 1. The molecule has 1 fully saturated rings. The molecule has 1 N–H and O–H groups in total. The van der Waals surface area contributed by atoms with Crippen molar-refractivity contribution in [3.8, 4) is 0 Å². The van der Waals surface area contributed by atoms with Crippen molar-refractivity contribution in [1.82, 2.24) is 4.98 Å². The number of aromatic nitrogens is 1. The van der Waals surface area contributed by atoms with Crippen LogP contribution in [0, 0.1) is 5.92 Å². The molecular weight excluding hydrogens is 248 g/mol. The van der Waals surface area contributed by atoms with Gasteiger partial charge < -0.3 is 10.1 Å². The van der Waals surface area contributed by atoms with Gasteiger partial charge in [0.25, 0.3) is 0 Å². The first-order valence-electron chi connectivity index (χ1n) is 7.45. The van der Waals surface area contributed by atoms with Gasteiger partial charge >= 0.3 is 0 Å². The van der Waals surface area contributed by atoms with Crippen molar-refractivity contribution in [2.75, 3.05) is 11.9 Å². The maximum absolute atomic E-state index is 5.83. The second-order valence-corrected chi connectivity index (χ2v) is 5.93. The Labute approximate surface area is 120 Å². The van der Waals surface area contributed by atoms with Gasteiger partial charge in [-0.15, -0.1) is 0 Å². The van der Waals surface area contributed by atoms with E-state index in [-0.39, 0.29) is 0 Å². The molecule has 2 unspecified atom stereocenters. The lowest BCUT2D eigenvalue weighted by atomic mass is 9.95. The molecule has 3 heteroatoms. The maximum Gasteiger partial charge on any atom is 0.0703 e. The van der Waals surface area contributed by atoms with E-state index >= 15 is 0 Å². The van der Waals surface area contributed by atoms with E-state index in [1.165, 1.54) is 11.1 Å². The third kappa shape index (κ3) is 2.93. The van der Waals surface area contributed by atoms with Crippen LogP contribution in [0.4, 0.5) is 5.69 Å². The highest BCUT2D eigenvalue weighted by Gasteiger charge is 2.24. The van der Waals surface area contributed by atoms with E-state index in [9.17, 15) is 0 Å². The minimum Gasteiger partial charge on any atom is -0.382 e. The van der Waals surface area contributed by atoms with Crippen LogP contribution in [-0.4, -0.2) is 23.7 Å². The molecule has 3 nitrogen and oxygen atoms in total. The summed E-state index contributed by atoms with van der Waals surface area (Å²) in [5, 5.41) is 4.84. The number of ether oxygens (including phenoxy) is 1. The topological polar surface area (TPSA) is 34.2 Å². The van der Waals surface area contributed by atoms with E-state index in [1.807, 2.05) is 12.3 Å². The van der Waals surface area contributed by atoms with Gasteiger partial charge in [-0.1, -0.05) is 19.9 Å². The zero-order chi connectivity index (χ0) is 13.9. The number of benzene rings is 1. The molecule has 1 aliphatic rings. The lowest BCUT2D eigenvalue weighted by Crippen LogP contribution is -2.36. The van der Waals surface area contributed by atoms with Crippen LogP contribution in [0.2, 0.25) is 0 Å². The number of nitrogens with one attached hydrogen (secondary N) is 1. The van der Waals surface area contributed by atoms with Gasteiger partial charge in [0.15, 0.2) is 0 Å². The summed E-state index contributed by atoms with van der Waals surface area (Å²) < 4.78 is 5.83. The minimum absolute atomic E-state index is 0.378. The van der Waals surface area contributed by atoms with Crippen LogP contribution >= 0.6 is 0 Å². The van der Waals surface area contributed by atoms with Gasteiger partial charge in [-0.2, -0.15) is 0 Å². The number of hydrogen-bond acceptors (Lipinski definition) is 3. The summed E-state index contributed by atoms with van der Waals surface area (Å²) in [5.41, 5.74) is 2.23. The molecule has 2 aromatic rings. The predicted octanol–water partition coefficient (Wildman–Crippen LogP) is 3.85. The first-order valence-corrected chi connectivity index (χ1v) is 7.45. The molecule has 0 amide bonds. The molecule has 0 saturated carbocycles. The molecule has 1 aliphatic heterocycles. The minimum atomic E-state index is 0.378. The van der Waals surface area contributed by atoms with Crippen molar-refractivity contribution in [2.45, 2.75) is 38.8 Å². The molecule has 0 aliphatic carbocycles. The van der Waals surface area contributed by atoms with Gasteiger partial charge in [-0.25, -0.2) is 0 Å². The fourth-order valence-corrected chi connectivity index (χ4v) is 2.82. The van der Waals surface area contributed by atoms with Crippen molar-refractivity contribution >= 4 is 16.6 Å². The summed E-state index contributed by atoms with van der Waals surface area (Å²) in [6.45, 7) is 5.32. The van der Waals surface area contributed by atoms with E-state index in [1.54, 1.807) is 0 Å². The largest absolute Gasteiger partial charge is 0.382 e. The second kappa shape index (κ2) is 5.80. The van der Waals surface area contributed by atoms with E-state index in [0.717, 1.165) is 25.0 Å². The lowest BCUT2D eigenvalue weighted by Gasteiger charge is -2.33. The van der Waals surface area contributed by atoms with Gasteiger partial charge in [0, 0.05) is 29.9 Å². The van der Waals surface area contributed by atoms with Gasteiger partial charge in [0.05, 0.1) is 11.6 Å². The monoisotopic (exact) mass is 270 g/mol. The molecular formula is C17H22N2O. The molecule has 2 atom stereocenters. The van der Waals surface area contributed by atoms with Crippen molar-refractivity contribution in [3.63, 3.8) is 0 Å². The highest BCUT2D eigenvalue weighted by Crippen LogP contribution is 2.24. The van der Waals surface area contributed by atoms with Crippen LogP contribution in [0.1, 0.15) is 26.7 Å². The number of anilines is 1. The Hall–Kier alpha value is -1.61. The van der Waals surface area contributed by atoms with Crippen molar-refractivity contribution in [1.29, 1.82) is 0 Å². The average Bonchev–Trinajstić information content (AvgIpc) is 2.47. The van der Waals surface area contributed by atoms with Gasteiger partial charge in [0.1, 0.15) is 0 Å². The smallest absolute Gasteiger partial charge is 0.0703 e. The van der Waals surface area contributed by atoms with Crippen molar-refractivity contribution in [2.24, 2.45) is 5.92 Å². The zero-order valence-electron chi connectivity index (χ0n) is 12.2. The molecule has 2 heterocycles. The Morgan fingerprint density at radius 2 is 2.20 bits per heavy atom. The summed E-state index contributed by atoms with van der Waals surface area (Å²) >= 11 is 0. The van der Waals surface area contributed by atoms with E-state index < -0.39 is 0 Å². The summed E-state index contributed by atoms with van der Waals surface area (Å²) in [4.78, 5) is 4.36. The van der Waals surface area contributed by atoms with E-state index in [4.69, 9.17) is 4.74 Å². The third-order valence-corrected chi connectivity index (χ3v) is 4.03. The summed E-state index contributed by atoms with van der Waals surface area (Å²) in [6.07, 6.45) is 4.38. The number of pyridine rings is 1. The third-order valence-electron chi connectivity index (χ3n) is 4.03. The molecule has 1 aromatic heterocycles. The Morgan fingerprint density at radius 1 is 1.30 bits per heavy atom. The second-order valence-electron chi connectivity index (χ2n) is 5.93. The molecule has 0 bridgehead atoms. The Balaban J connectivity index is 1.72. The highest BCUT2D eigenvalue weighted by molar-refractivity contribution is 5.82. The van der Waals surface area contributed by atoms with E-state index in [2.05, 4.69) is 48.4 Å². The fraction of sp³-hybridized carbons (Fsp3) is 0.471. The average molecular weight is 270 g/mol. The van der Waals surface area contributed by atoms with Gasteiger partial charge in [-0.3, -0.25) is 4.98 Å². The van der Waals surface area contributed by atoms with Crippen LogP contribution in [0.15, 0.2) is 36.5 Å². The Bertz CT molecular complexity index is 582. The molecule has 0 radical (unpaired) electrons. The summed E-state index contributed by atoms with van der Waals surface area (Å²) in [6, 6.07) is 11.0. The SMILES string of the molecule is CC(C)C1CC(Nc2ccc3ncccc3c2)CCO1. The zero-order valence-corrected chi connectivity index (χ0v) is 12.2. The van der Waals surface area contributed by atoms with Gasteiger partial charge in [0.2, 0.25) is 0 Å². The van der Waals surface area contributed by atoms with Crippen LogP contribution in [0.3, 0.4) is 0 Å². The van der Waals surface area contributed by atoms with E-state index in [0.29, 0.717) is 18.1 Å². The molecule has 3 rings (SSSR count). The summed E-state index contributed by atoms with van der Waals surface area (Å²) in [7, 11) is 0. The van der Waals surface area contributed by atoms with Crippen LogP contribution in [-0.2, 0) is 4.74 Å². The van der Waals surface area contributed by atoms with Crippen molar-refractivity contribution < 1.29 is 4.74 Å². The molecule has 0 spiro atoms. The van der Waals surface area contributed by atoms with Crippen molar-refractivity contribution in [3.05, 3.63) is 36.5 Å². The Kier molecular flexibility index (Phi) is 3.88. The normalized spacial score (nSPS) is 23.1. The Morgan fingerprint density at radius 3 is 3.05 bits per heavy atom. The highest BCUT2D eigenvalue weighted by atomic mass is 16.5. The maximum atomic E-state index is 5.83. The number of fused-ring (bicyclic) bond motifs is 1. The molecule has 1 saturated heterocycles. The van der Waals surface area contributed by atoms with Crippen LogP contribution in [0.25, 0.3) is 10.9 Å². The van der Waals surface area contributed by atoms with Crippen LogP contribution < -0.4 is 5.32 Å². The molecule has 1 aromatic carbocycles. The lowest BCUT2D eigenvalue weighted by molar-refractivity contribution is -0.0160. The fourth-order valence-electron chi connectivity index (χ4n) is 2.82. The number of hydrogen-bond donors (Lipinski definition) is 1. The number of rotatable bonds is 3. The quantitative estimate of drug-likeness (QED) is 0.920.